The van der Waals surface area contributed by atoms with Gasteiger partial charge in [0.05, 0.1) is 6.10 Å². The minimum atomic E-state index is -0.491. The Morgan fingerprint density at radius 2 is 1.90 bits per heavy atom. The van der Waals surface area contributed by atoms with Crippen molar-refractivity contribution in [2.75, 3.05) is 59.9 Å². The molecule has 6 heteroatoms. The normalized spacial score (nSPS) is 18.8. The van der Waals surface area contributed by atoms with Gasteiger partial charge in [-0.3, -0.25) is 4.90 Å². The van der Waals surface area contributed by atoms with E-state index in [-0.39, 0.29) is 6.03 Å². The van der Waals surface area contributed by atoms with Crippen molar-refractivity contribution < 1.29 is 9.90 Å². The summed E-state index contributed by atoms with van der Waals surface area (Å²) in [6.07, 6.45) is 0.484. The average Bonchev–Trinajstić information content (AvgIpc) is 2.40. The van der Waals surface area contributed by atoms with Gasteiger partial charge < -0.3 is 20.2 Å². The summed E-state index contributed by atoms with van der Waals surface area (Å²) in [7, 11) is 3.85. The van der Waals surface area contributed by atoms with Crippen LogP contribution in [0.15, 0.2) is 0 Å². The molecule has 0 saturated carbocycles. The van der Waals surface area contributed by atoms with E-state index in [1.165, 1.54) is 0 Å². The molecule has 0 spiro atoms. The maximum atomic E-state index is 11.9. The van der Waals surface area contributed by atoms with Crippen LogP contribution in [0.2, 0.25) is 0 Å². The molecular weight excluding hydrogens is 268 g/mol. The molecular formula is C15H32N4O2. The molecule has 0 bridgehead atoms. The van der Waals surface area contributed by atoms with Gasteiger partial charge in [0.1, 0.15) is 0 Å². The summed E-state index contributed by atoms with van der Waals surface area (Å²) < 4.78 is 0. The zero-order valence-corrected chi connectivity index (χ0v) is 14.0. The molecule has 124 valence electrons. The lowest BCUT2D eigenvalue weighted by Gasteiger charge is -2.34. The number of likely N-dealkylation sites (N-methyl/N-ethyl adjacent to an activating group) is 2. The van der Waals surface area contributed by atoms with E-state index in [9.17, 15) is 9.90 Å². The van der Waals surface area contributed by atoms with Crippen molar-refractivity contribution in [1.82, 2.24) is 20.0 Å². The van der Waals surface area contributed by atoms with Crippen molar-refractivity contribution in [2.24, 2.45) is 5.92 Å². The number of carbonyl (C=O) groups is 1. The van der Waals surface area contributed by atoms with Crippen LogP contribution < -0.4 is 5.32 Å². The number of rotatable bonds is 7. The lowest BCUT2D eigenvalue weighted by molar-refractivity contribution is 0.0658. The van der Waals surface area contributed by atoms with E-state index in [4.69, 9.17) is 0 Å². The van der Waals surface area contributed by atoms with Gasteiger partial charge in [0.15, 0.2) is 0 Å². The van der Waals surface area contributed by atoms with Crippen LogP contribution in [0.3, 0.4) is 0 Å². The number of hydrogen-bond acceptors (Lipinski definition) is 4. The third-order valence-corrected chi connectivity index (χ3v) is 3.89. The molecule has 2 N–H and O–H groups in total. The molecule has 0 radical (unpaired) electrons. The zero-order chi connectivity index (χ0) is 15.8. The van der Waals surface area contributed by atoms with Gasteiger partial charge in [-0.25, -0.2) is 4.79 Å². The summed E-state index contributed by atoms with van der Waals surface area (Å²) in [6, 6.07) is -0.104. The Balaban J connectivity index is 2.20. The third-order valence-electron chi connectivity index (χ3n) is 3.89. The highest BCUT2D eigenvalue weighted by atomic mass is 16.3. The van der Waals surface area contributed by atoms with E-state index in [0.29, 0.717) is 25.6 Å². The first-order chi connectivity index (χ1) is 9.88. The summed E-state index contributed by atoms with van der Waals surface area (Å²) in [5, 5.41) is 13.0. The summed E-state index contributed by atoms with van der Waals surface area (Å²) in [5.74, 6) is 0.582. The highest BCUT2D eigenvalue weighted by Crippen LogP contribution is 2.02. The lowest BCUT2D eigenvalue weighted by Crippen LogP contribution is -2.49. The molecule has 1 fully saturated rings. The molecule has 1 aliphatic rings. The van der Waals surface area contributed by atoms with E-state index in [1.807, 2.05) is 0 Å². The van der Waals surface area contributed by atoms with E-state index in [0.717, 1.165) is 32.6 Å². The van der Waals surface area contributed by atoms with E-state index in [1.54, 1.807) is 11.9 Å². The Morgan fingerprint density at radius 1 is 1.29 bits per heavy atom. The van der Waals surface area contributed by atoms with Gasteiger partial charge in [0.25, 0.3) is 0 Å². The van der Waals surface area contributed by atoms with Gasteiger partial charge in [0.2, 0.25) is 0 Å². The number of β-amino-alcohol motifs (C(OH)–C–C–N with tert-alkyl or cyclic N) is 1. The molecule has 0 aromatic carbocycles. The number of aliphatic hydroxyl groups excluding tert-OH is 1. The number of amides is 2. The zero-order valence-electron chi connectivity index (χ0n) is 14.0. The van der Waals surface area contributed by atoms with Crippen LogP contribution in [0.5, 0.6) is 0 Å². The van der Waals surface area contributed by atoms with E-state index >= 15 is 0 Å². The third kappa shape index (κ3) is 7.64. The van der Waals surface area contributed by atoms with Crippen LogP contribution in [0, 0.1) is 5.92 Å². The highest BCUT2D eigenvalue weighted by Gasteiger charge is 2.19. The van der Waals surface area contributed by atoms with Crippen molar-refractivity contribution in [1.29, 1.82) is 0 Å². The second kappa shape index (κ2) is 9.23. The molecule has 1 heterocycles. The number of hydrogen-bond donors (Lipinski definition) is 2. The van der Waals surface area contributed by atoms with Gasteiger partial charge >= 0.3 is 6.03 Å². The minimum absolute atomic E-state index is 0.104. The van der Waals surface area contributed by atoms with Crippen LogP contribution in [-0.4, -0.2) is 91.8 Å². The summed E-state index contributed by atoms with van der Waals surface area (Å²) in [6.45, 7) is 10.0. The molecule has 0 aromatic rings. The highest BCUT2D eigenvalue weighted by molar-refractivity contribution is 5.73. The second-order valence-corrected chi connectivity index (χ2v) is 6.55. The van der Waals surface area contributed by atoms with Gasteiger partial charge in [-0.1, -0.05) is 13.8 Å². The van der Waals surface area contributed by atoms with Gasteiger partial charge in [-0.05, 0) is 19.4 Å². The standard InChI is InChI=1S/C15H32N4O2/c1-13(2)5-6-16-15(21)18(4)11-14(20)12-19-9-7-17(3)8-10-19/h13-14,20H,5-12H2,1-4H3,(H,16,21). The Labute approximate surface area is 129 Å². The number of aliphatic hydroxyl groups is 1. The smallest absolute Gasteiger partial charge is 0.317 e. The molecule has 1 rings (SSSR count). The Morgan fingerprint density at radius 3 is 2.48 bits per heavy atom. The topological polar surface area (TPSA) is 59.1 Å². The molecule has 1 saturated heterocycles. The fraction of sp³-hybridized carbons (Fsp3) is 0.933. The molecule has 1 atom stereocenters. The first-order valence-corrected chi connectivity index (χ1v) is 7.96. The Bertz CT molecular complexity index is 304. The molecule has 6 nitrogen and oxygen atoms in total. The molecule has 0 aromatic heterocycles. The predicted molar refractivity (Wildman–Crippen MR) is 85.4 cm³/mol. The van der Waals surface area contributed by atoms with Crippen LogP contribution in [0.4, 0.5) is 4.79 Å². The van der Waals surface area contributed by atoms with Crippen molar-refractivity contribution in [3.63, 3.8) is 0 Å². The number of nitrogens with one attached hydrogen (secondary N) is 1. The SMILES string of the molecule is CC(C)CCNC(=O)N(C)CC(O)CN1CCN(C)CC1. The van der Waals surface area contributed by atoms with Crippen molar-refractivity contribution in [3.05, 3.63) is 0 Å². The van der Waals surface area contributed by atoms with Gasteiger partial charge in [-0.2, -0.15) is 0 Å². The van der Waals surface area contributed by atoms with Crippen LogP contribution in [0.25, 0.3) is 0 Å². The van der Waals surface area contributed by atoms with Crippen LogP contribution in [-0.2, 0) is 0 Å². The quantitative estimate of drug-likeness (QED) is 0.709. The molecule has 1 aliphatic heterocycles. The molecule has 21 heavy (non-hydrogen) atoms. The van der Waals surface area contributed by atoms with Gasteiger partial charge in [0, 0.05) is 52.9 Å². The van der Waals surface area contributed by atoms with Crippen molar-refractivity contribution in [2.45, 2.75) is 26.4 Å². The second-order valence-electron chi connectivity index (χ2n) is 6.55. The number of nitrogens with zero attached hydrogens (tertiary/aromatic N) is 3. The van der Waals surface area contributed by atoms with Crippen LogP contribution >= 0.6 is 0 Å². The summed E-state index contributed by atoms with van der Waals surface area (Å²) in [5.41, 5.74) is 0. The Kier molecular flexibility index (Phi) is 8.00. The first-order valence-electron chi connectivity index (χ1n) is 7.96. The minimum Gasteiger partial charge on any atom is -0.390 e. The maximum Gasteiger partial charge on any atom is 0.317 e. The van der Waals surface area contributed by atoms with Crippen LogP contribution in [0.1, 0.15) is 20.3 Å². The summed E-state index contributed by atoms with van der Waals surface area (Å²) >= 11 is 0. The molecule has 1 unspecified atom stereocenters. The van der Waals surface area contributed by atoms with Crippen molar-refractivity contribution >= 4 is 6.03 Å². The predicted octanol–water partition coefficient (Wildman–Crippen LogP) is 0.282. The lowest BCUT2D eigenvalue weighted by atomic mass is 10.1. The summed E-state index contributed by atoms with van der Waals surface area (Å²) in [4.78, 5) is 18.0. The maximum absolute atomic E-state index is 11.9. The monoisotopic (exact) mass is 300 g/mol. The van der Waals surface area contributed by atoms with Gasteiger partial charge in [-0.15, -0.1) is 0 Å². The van der Waals surface area contributed by atoms with E-state index < -0.39 is 6.10 Å². The number of carbonyl (C=O) groups excluding carboxylic acids is 1. The molecule has 0 aliphatic carbocycles. The largest absolute Gasteiger partial charge is 0.390 e. The fourth-order valence-corrected chi connectivity index (χ4v) is 2.39. The number of urea groups is 1. The fourth-order valence-electron chi connectivity index (χ4n) is 2.39. The van der Waals surface area contributed by atoms with E-state index in [2.05, 4.69) is 36.0 Å². The number of piperazine rings is 1. The first kappa shape index (κ1) is 18.2. The molecule has 2 amide bonds. The Hall–Kier alpha value is -0.850. The van der Waals surface area contributed by atoms with Crippen molar-refractivity contribution in [3.8, 4) is 0 Å². The average molecular weight is 300 g/mol.